The molecule has 1 aromatic carbocycles. The highest BCUT2D eigenvalue weighted by Gasteiger charge is 2.55. The Morgan fingerprint density at radius 1 is 1.06 bits per heavy atom. The van der Waals surface area contributed by atoms with Crippen LogP contribution in [-0.4, -0.2) is 53.8 Å². The van der Waals surface area contributed by atoms with Crippen molar-refractivity contribution in [3.8, 4) is 22.1 Å². The summed E-state index contributed by atoms with van der Waals surface area (Å²) in [4.78, 5) is 18.8. The van der Waals surface area contributed by atoms with Crippen molar-refractivity contribution in [1.82, 2.24) is 15.0 Å². The molecule has 0 spiro atoms. The second kappa shape index (κ2) is 7.39. The fourth-order valence-electron chi connectivity index (χ4n) is 4.45. The quantitative estimate of drug-likeness (QED) is 0.609. The minimum atomic E-state index is -0.488. The summed E-state index contributed by atoms with van der Waals surface area (Å²) in [6.45, 7) is 4.32. The molecule has 2 fully saturated rings. The topological polar surface area (TPSA) is 68.0 Å². The third-order valence-corrected chi connectivity index (χ3v) is 7.31. The van der Waals surface area contributed by atoms with Crippen LogP contribution >= 0.6 is 11.3 Å². The minimum absolute atomic E-state index is 0.196. The molecule has 0 unspecified atom stereocenters. The SMILES string of the molecule is O=C(N1CCN(Cc2ccc3c(c2)OCO3)CC1)C1(c2cc(-c3cccs3)on2)CC1. The van der Waals surface area contributed by atoms with Crippen LogP contribution in [0.5, 0.6) is 11.5 Å². The van der Waals surface area contributed by atoms with Gasteiger partial charge in [0, 0.05) is 38.8 Å². The second-order valence-electron chi connectivity index (χ2n) is 8.39. The Balaban J connectivity index is 1.09. The molecule has 31 heavy (non-hydrogen) atoms. The molecule has 2 aliphatic heterocycles. The van der Waals surface area contributed by atoms with Gasteiger partial charge in [-0.2, -0.15) is 0 Å². The minimum Gasteiger partial charge on any atom is -0.454 e. The zero-order valence-corrected chi connectivity index (χ0v) is 17.9. The number of ether oxygens (including phenoxy) is 2. The number of hydrogen-bond donors (Lipinski definition) is 0. The lowest BCUT2D eigenvalue weighted by molar-refractivity contribution is -0.136. The van der Waals surface area contributed by atoms with Gasteiger partial charge in [0.05, 0.1) is 16.0 Å². The Morgan fingerprint density at radius 2 is 1.90 bits per heavy atom. The molecule has 1 amide bonds. The zero-order valence-electron chi connectivity index (χ0n) is 17.1. The first-order valence-corrected chi connectivity index (χ1v) is 11.5. The fourth-order valence-corrected chi connectivity index (χ4v) is 5.12. The summed E-state index contributed by atoms with van der Waals surface area (Å²) in [6.07, 6.45) is 1.69. The van der Waals surface area contributed by atoms with Crippen LogP contribution in [0.15, 0.2) is 46.3 Å². The number of hydrogen-bond acceptors (Lipinski definition) is 7. The third kappa shape index (κ3) is 3.40. The molecule has 0 radical (unpaired) electrons. The van der Waals surface area contributed by atoms with E-state index in [-0.39, 0.29) is 5.91 Å². The predicted molar refractivity (Wildman–Crippen MR) is 115 cm³/mol. The van der Waals surface area contributed by atoms with E-state index in [4.69, 9.17) is 14.0 Å². The fraction of sp³-hybridized carbons (Fsp3) is 0.391. The first kappa shape index (κ1) is 18.9. The lowest BCUT2D eigenvalue weighted by atomic mass is 9.99. The summed E-state index contributed by atoms with van der Waals surface area (Å²) in [6, 6.07) is 12.1. The molecule has 0 N–H and O–H groups in total. The molecule has 2 aromatic heterocycles. The summed E-state index contributed by atoms with van der Waals surface area (Å²) >= 11 is 1.61. The number of aromatic nitrogens is 1. The lowest BCUT2D eigenvalue weighted by Gasteiger charge is -2.36. The number of fused-ring (bicyclic) bond motifs is 1. The van der Waals surface area contributed by atoms with Crippen LogP contribution < -0.4 is 9.47 Å². The molecule has 6 rings (SSSR count). The van der Waals surface area contributed by atoms with E-state index >= 15 is 0 Å². The van der Waals surface area contributed by atoms with Gasteiger partial charge in [0.1, 0.15) is 0 Å². The van der Waals surface area contributed by atoms with Gasteiger partial charge in [-0.25, -0.2) is 0 Å². The average molecular weight is 438 g/mol. The lowest BCUT2D eigenvalue weighted by Crippen LogP contribution is -2.51. The van der Waals surface area contributed by atoms with Crippen molar-refractivity contribution in [2.45, 2.75) is 24.8 Å². The molecule has 1 saturated carbocycles. The van der Waals surface area contributed by atoms with Crippen molar-refractivity contribution in [1.29, 1.82) is 0 Å². The molecule has 0 bridgehead atoms. The smallest absolute Gasteiger partial charge is 0.235 e. The second-order valence-corrected chi connectivity index (χ2v) is 9.34. The van der Waals surface area contributed by atoms with Gasteiger partial charge in [-0.3, -0.25) is 9.69 Å². The summed E-state index contributed by atoms with van der Waals surface area (Å²) < 4.78 is 16.4. The Bertz CT molecular complexity index is 1100. The van der Waals surface area contributed by atoms with Crippen molar-refractivity contribution in [2.75, 3.05) is 33.0 Å². The standard InChI is InChI=1S/C23H23N3O4S/c27-22(23(5-6-23)21-13-19(30-24-21)20-2-1-11-31-20)26-9-7-25(8-10-26)14-16-3-4-17-18(12-16)29-15-28-17/h1-4,11-13H,5-10,14-15H2. The maximum atomic E-state index is 13.4. The van der Waals surface area contributed by atoms with Crippen LogP contribution in [0.25, 0.3) is 10.6 Å². The molecule has 1 aliphatic carbocycles. The monoisotopic (exact) mass is 437 g/mol. The van der Waals surface area contributed by atoms with Gasteiger partial charge >= 0.3 is 0 Å². The van der Waals surface area contributed by atoms with E-state index in [1.807, 2.05) is 34.5 Å². The van der Waals surface area contributed by atoms with Crippen molar-refractivity contribution >= 4 is 17.2 Å². The van der Waals surface area contributed by atoms with Gasteiger partial charge in [-0.15, -0.1) is 11.3 Å². The van der Waals surface area contributed by atoms with E-state index in [2.05, 4.69) is 22.2 Å². The highest BCUT2D eigenvalue weighted by atomic mass is 32.1. The van der Waals surface area contributed by atoms with Crippen LogP contribution in [0.1, 0.15) is 24.1 Å². The molecule has 1 saturated heterocycles. The zero-order chi connectivity index (χ0) is 20.8. The van der Waals surface area contributed by atoms with E-state index in [0.717, 1.165) is 73.4 Å². The number of rotatable bonds is 5. The molecule has 3 aliphatic rings. The molecule has 160 valence electrons. The Labute approximate surface area is 184 Å². The maximum absolute atomic E-state index is 13.4. The summed E-state index contributed by atoms with van der Waals surface area (Å²) in [5.74, 6) is 2.57. The Kier molecular flexibility index (Phi) is 4.50. The molecule has 4 heterocycles. The van der Waals surface area contributed by atoms with Crippen LogP contribution in [0.2, 0.25) is 0 Å². The van der Waals surface area contributed by atoms with Crippen LogP contribution in [0.3, 0.4) is 0 Å². The first-order valence-electron chi connectivity index (χ1n) is 10.6. The number of benzene rings is 1. The van der Waals surface area contributed by atoms with E-state index in [9.17, 15) is 4.79 Å². The van der Waals surface area contributed by atoms with E-state index in [0.29, 0.717) is 6.79 Å². The Hall–Kier alpha value is -2.84. The van der Waals surface area contributed by atoms with Crippen molar-refractivity contribution < 1.29 is 18.8 Å². The summed E-state index contributed by atoms with van der Waals surface area (Å²) in [5, 5.41) is 6.29. The number of nitrogens with zero attached hydrogens (tertiary/aromatic N) is 3. The van der Waals surface area contributed by atoms with Gasteiger partial charge in [-0.1, -0.05) is 17.3 Å². The van der Waals surface area contributed by atoms with E-state index in [1.165, 1.54) is 5.56 Å². The largest absolute Gasteiger partial charge is 0.454 e. The molecule has 3 aromatic rings. The van der Waals surface area contributed by atoms with Crippen molar-refractivity contribution in [2.24, 2.45) is 0 Å². The molecular formula is C23H23N3O4S. The molecule has 0 atom stereocenters. The van der Waals surface area contributed by atoms with Gasteiger partial charge in [0.25, 0.3) is 0 Å². The number of carbonyl (C=O) groups is 1. The maximum Gasteiger partial charge on any atom is 0.235 e. The average Bonchev–Trinajstić information content (AvgIpc) is 3.22. The number of amides is 1. The molecule has 7 nitrogen and oxygen atoms in total. The van der Waals surface area contributed by atoms with Gasteiger partial charge in [-0.05, 0) is 42.0 Å². The highest BCUT2D eigenvalue weighted by Crippen LogP contribution is 2.50. The Morgan fingerprint density at radius 3 is 2.68 bits per heavy atom. The van der Waals surface area contributed by atoms with Crippen LogP contribution in [-0.2, 0) is 16.8 Å². The number of carbonyl (C=O) groups excluding carboxylic acids is 1. The summed E-state index contributed by atoms with van der Waals surface area (Å²) in [5.41, 5.74) is 1.49. The van der Waals surface area contributed by atoms with Gasteiger partial charge in [0.15, 0.2) is 17.3 Å². The molecular weight excluding hydrogens is 414 g/mol. The van der Waals surface area contributed by atoms with Gasteiger partial charge in [0.2, 0.25) is 12.7 Å². The normalized spacial score (nSPS) is 19.5. The van der Waals surface area contributed by atoms with Crippen LogP contribution in [0, 0.1) is 0 Å². The first-order chi connectivity index (χ1) is 15.2. The van der Waals surface area contributed by atoms with Crippen LogP contribution in [0.4, 0.5) is 0 Å². The number of piperazine rings is 1. The predicted octanol–water partition coefficient (Wildman–Crippen LogP) is 3.51. The molecule has 8 heteroatoms. The van der Waals surface area contributed by atoms with Gasteiger partial charge < -0.3 is 18.9 Å². The van der Waals surface area contributed by atoms with Crippen molar-refractivity contribution in [3.05, 3.63) is 53.0 Å². The van der Waals surface area contributed by atoms with Crippen molar-refractivity contribution in [3.63, 3.8) is 0 Å². The highest BCUT2D eigenvalue weighted by molar-refractivity contribution is 7.13. The number of thiophene rings is 1. The van der Waals surface area contributed by atoms with E-state index < -0.39 is 5.41 Å². The van der Waals surface area contributed by atoms with E-state index in [1.54, 1.807) is 11.3 Å². The summed E-state index contributed by atoms with van der Waals surface area (Å²) in [7, 11) is 0. The third-order valence-electron chi connectivity index (χ3n) is 6.43.